The zero-order valence-corrected chi connectivity index (χ0v) is 19.5. The van der Waals surface area contributed by atoms with Crippen molar-refractivity contribution in [3.05, 3.63) is 89.0 Å². The molecule has 0 spiro atoms. The van der Waals surface area contributed by atoms with E-state index in [1.165, 1.54) is 22.9 Å². The Morgan fingerprint density at radius 1 is 0.848 bits per heavy atom. The summed E-state index contributed by atoms with van der Waals surface area (Å²) in [6.07, 6.45) is 3.50. The first-order valence-electron chi connectivity index (χ1n) is 10.2. The number of nitrogens with zero attached hydrogens (tertiary/aromatic N) is 6. The molecular weight excluding hydrogens is 456 g/mol. The Morgan fingerprint density at radius 2 is 1.64 bits per heavy atom. The zero-order chi connectivity index (χ0) is 22.8. The maximum Gasteiger partial charge on any atom is 0.247 e. The van der Waals surface area contributed by atoms with Crippen LogP contribution in [0.2, 0.25) is 5.02 Å². The molecule has 7 nitrogen and oxygen atoms in total. The van der Waals surface area contributed by atoms with E-state index in [1.807, 2.05) is 28.8 Å². The lowest BCUT2D eigenvalue weighted by Gasteiger charge is -2.11. The van der Waals surface area contributed by atoms with Gasteiger partial charge < -0.3 is 4.42 Å². The second-order valence-electron chi connectivity index (χ2n) is 7.44. The topological polar surface area (TPSA) is 82.5 Å². The summed E-state index contributed by atoms with van der Waals surface area (Å²) in [6.45, 7) is 4.19. The van der Waals surface area contributed by atoms with Gasteiger partial charge in [0, 0.05) is 28.5 Å². The minimum absolute atomic E-state index is 0.454. The van der Waals surface area contributed by atoms with E-state index in [0.717, 1.165) is 27.8 Å². The number of pyridine rings is 1. The van der Waals surface area contributed by atoms with Crippen LogP contribution in [0.5, 0.6) is 0 Å². The fraction of sp³-hybridized carbons (Fsp3) is 0.125. The lowest BCUT2D eigenvalue weighted by atomic mass is 10.1. The van der Waals surface area contributed by atoms with Gasteiger partial charge in [-0.05, 0) is 73.5 Å². The van der Waals surface area contributed by atoms with Gasteiger partial charge in [0.1, 0.15) is 0 Å². The SMILES string of the molecule is Cc1ccc(-n2c(SCc3nnc(-c4ccc(Cl)cc4)o3)nnc2-c2ccncc2)cc1C. The molecule has 0 atom stereocenters. The first-order valence-corrected chi connectivity index (χ1v) is 11.6. The van der Waals surface area contributed by atoms with E-state index in [1.54, 1.807) is 24.5 Å². The Labute approximate surface area is 199 Å². The molecule has 0 aliphatic rings. The number of aryl methyl sites for hydroxylation is 2. The average molecular weight is 475 g/mol. The van der Waals surface area contributed by atoms with Crippen LogP contribution in [0.15, 0.2) is 76.6 Å². The number of thioether (sulfide) groups is 1. The lowest BCUT2D eigenvalue weighted by Crippen LogP contribution is -2.01. The molecule has 5 aromatic rings. The smallest absolute Gasteiger partial charge is 0.247 e. The number of hydrogen-bond acceptors (Lipinski definition) is 7. The van der Waals surface area contributed by atoms with E-state index in [-0.39, 0.29) is 0 Å². The van der Waals surface area contributed by atoms with Crippen molar-refractivity contribution in [1.82, 2.24) is 29.9 Å². The highest BCUT2D eigenvalue weighted by Gasteiger charge is 2.18. The molecule has 0 saturated heterocycles. The summed E-state index contributed by atoms with van der Waals surface area (Å²) in [4.78, 5) is 4.12. The minimum atomic E-state index is 0.454. The molecule has 0 aliphatic heterocycles. The van der Waals surface area contributed by atoms with Crippen LogP contribution in [-0.4, -0.2) is 29.9 Å². The van der Waals surface area contributed by atoms with Crippen LogP contribution in [0.25, 0.3) is 28.5 Å². The lowest BCUT2D eigenvalue weighted by molar-refractivity contribution is 0.528. The van der Waals surface area contributed by atoms with E-state index >= 15 is 0 Å². The van der Waals surface area contributed by atoms with Crippen LogP contribution in [0.1, 0.15) is 17.0 Å². The van der Waals surface area contributed by atoms with Gasteiger partial charge in [-0.1, -0.05) is 29.4 Å². The monoisotopic (exact) mass is 474 g/mol. The predicted molar refractivity (Wildman–Crippen MR) is 128 cm³/mol. The molecule has 3 aromatic heterocycles. The summed E-state index contributed by atoms with van der Waals surface area (Å²) in [5, 5.41) is 18.7. The number of hydrogen-bond donors (Lipinski definition) is 0. The third-order valence-electron chi connectivity index (χ3n) is 5.20. The number of halogens is 1. The van der Waals surface area contributed by atoms with Gasteiger partial charge in [-0.2, -0.15) is 0 Å². The average Bonchev–Trinajstić information content (AvgIpc) is 3.48. The van der Waals surface area contributed by atoms with Gasteiger partial charge in [0.15, 0.2) is 11.0 Å². The molecule has 164 valence electrons. The summed E-state index contributed by atoms with van der Waals surface area (Å²) >= 11 is 7.45. The summed E-state index contributed by atoms with van der Waals surface area (Å²) < 4.78 is 7.90. The molecule has 9 heteroatoms. The van der Waals surface area contributed by atoms with E-state index in [4.69, 9.17) is 16.0 Å². The molecule has 0 amide bonds. The quantitative estimate of drug-likeness (QED) is 0.281. The third kappa shape index (κ3) is 4.53. The van der Waals surface area contributed by atoms with Crippen molar-refractivity contribution < 1.29 is 4.42 Å². The van der Waals surface area contributed by atoms with Crippen molar-refractivity contribution in [3.8, 4) is 28.5 Å². The van der Waals surface area contributed by atoms with Crippen LogP contribution in [0.4, 0.5) is 0 Å². The predicted octanol–water partition coefficient (Wildman–Crippen LogP) is 5.94. The van der Waals surface area contributed by atoms with Gasteiger partial charge in [-0.15, -0.1) is 20.4 Å². The molecule has 3 heterocycles. The maximum absolute atomic E-state index is 5.96. The largest absolute Gasteiger partial charge is 0.420 e. The Balaban J connectivity index is 1.45. The summed E-state index contributed by atoms with van der Waals surface area (Å²) in [7, 11) is 0. The molecule has 0 fully saturated rings. The fourth-order valence-corrected chi connectivity index (χ4v) is 4.21. The van der Waals surface area contributed by atoms with Gasteiger partial charge in [-0.25, -0.2) is 0 Å². The van der Waals surface area contributed by atoms with E-state index in [2.05, 4.69) is 57.4 Å². The van der Waals surface area contributed by atoms with Gasteiger partial charge in [0.2, 0.25) is 11.8 Å². The molecule has 2 aromatic carbocycles. The number of rotatable bonds is 6. The molecular formula is C24H19ClN6OS. The Kier molecular flexibility index (Phi) is 5.93. The Morgan fingerprint density at radius 3 is 2.39 bits per heavy atom. The highest BCUT2D eigenvalue weighted by atomic mass is 35.5. The van der Waals surface area contributed by atoms with Gasteiger partial charge in [0.25, 0.3) is 0 Å². The molecule has 0 saturated carbocycles. The Hall–Kier alpha value is -3.49. The fourth-order valence-electron chi connectivity index (χ4n) is 3.30. The summed E-state index contributed by atoms with van der Waals surface area (Å²) in [6, 6.07) is 17.5. The van der Waals surface area contributed by atoms with E-state index < -0.39 is 0 Å². The Bertz CT molecular complexity index is 1400. The van der Waals surface area contributed by atoms with E-state index in [0.29, 0.717) is 22.6 Å². The standard InChI is InChI=1S/C24H19ClN6OS/c1-15-3-8-20(13-16(15)2)31-22(17-9-11-26-12-10-17)28-30-24(31)33-14-21-27-29-23(32-21)18-4-6-19(25)7-5-18/h3-13H,14H2,1-2H3. The first-order chi connectivity index (χ1) is 16.1. The molecule has 0 unspecified atom stereocenters. The highest BCUT2D eigenvalue weighted by Crippen LogP contribution is 2.31. The van der Waals surface area contributed by atoms with Crippen LogP contribution >= 0.6 is 23.4 Å². The minimum Gasteiger partial charge on any atom is -0.420 e. The molecule has 0 bridgehead atoms. The first kappa shape index (κ1) is 21.4. The van der Waals surface area contributed by atoms with Crippen LogP contribution in [0.3, 0.4) is 0 Å². The van der Waals surface area contributed by atoms with Crippen molar-refractivity contribution >= 4 is 23.4 Å². The van der Waals surface area contributed by atoms with Crippen LogP contribution in [0, 0.1) is 13.8 Å². The second kappa shape index (κ2) is 9.17. The van der Waals surface area contributed by atoms with Crippen molar-refractivity contribution in [3.63, 3.8) is 0 Å². The molecule has 0 N–H and O–H groups in total. The van der Waals surface area contributed by atoms with Gasteiger partial charge in [-0.3, -0.25) is 9.55 Å². The zero-order valence-electron chi connectivity index (χ0n) is 17.9. The maximum atomic E-state index is 5.96. The van der Waals surface area contributed by atoms with Crippen molar-refractivity contribution in [2.45, 2.75) is 24.8 Å². The molecule has 33 heavy (non-hydrogen) atoms. The number of aromatic nitrogens is 6. The van der Waals surface area contributed by atoms with Crippen molar-refractivity contribution in [1.29, 1.82) is 0 Å². The molecule has 0 radical (unpaired) electrons. The summed E-state index contributed by atoms with van der Waals surface area (Å²) in [5.41, 5.74) is 5.17. The summed E-state index contributed by atoms with van der Waals surface area (Å²) in [5.74, 6) is 2.16. The number of benzene rings is 2. The van der Waals surface area contributed by atoms with Gasteiger partial charge in [0.05, 0.1) is 11.4 Å². The highest BCUT2D eigenvalue weighted by molar-refractivity contribution is 7.98. The second-order valence-corrected chi connectivity index (χ2v) is 8.82. The van der Waals surface area contributed by atoms with Crippen LogP contribution in [-0.2, 0) is 5.75 Å². The van der Waals surface area contributed by atoms with E-state index in [9.17, 15) is 0 Å². The normalized spacial score (nSPS) is 11.1. The molecule has 5 rings (SSSR count). The van der Waals surface area contributed by atoms with Crippen molar-refractivity contribution in [2.24, 2.45) is 0 Å². The third-order valence-corrected chi connectivity index (χ3v) is 6.37. The van der Waals surface area contributed by atoms with Crippen LogP contribution < -0.4 is 0 Å². The molecule has 0 aliphatic carbocycles. The van der Waals surface area contributed by atoms with Crippen molar-refractivity contribution in [2.75, 3.05) is 0 Å². The van der Waals surface area contributed by atoms with Gasteiger partial charge >= 0.3 is 0 Å².